The second-order valence-corrected chi connectivity index (χ2v) is 7.77. The van der Waals surface area contributed by atoms with Crippen molar-refractivity contribution in [3.05, 3.63) is 48.3 Å². The van der Waals surface area contributed by atoms with Crippen molar-refractivity contribution >= 4 is 22.6 Å². The van der Waals surface area contributed by atoms with Crippen LogP contribution in [0.25, 0.3) is 22.3 Å². The van der Waals surface area contributed by atoms with E-state index >= 15 is 0 Å². The minimum absolute atomic E-state index is 0.315. The van der Waals surface area contributed by atoms with Gasteiger partial charge in [-0.25, -0.2) is 15.0 Å². The molecule has 0 spiro atoms. The topological polar surface area (TPSA) is 82.4 Å². The molecule has 2 saturated heterocycles. The van der Waals surface area contributed by atoms with Gasteiger partial charge in [0.05, 0.1) is 0 Å². The molecule has 0 aliphatic carbocycles. The van der Waals surface area contributed by atoms with Gasteiger partial charge in [0.25, 0.3) is 5.91 Å². The number of pyridine rings is 1. The van der Waals surface area contributed by atoms with Crippen molar-refractivity contribution in [2.45, 2.75) is 18.4 Å². The summed E-state index contributed by atoms with van der Waals surface area (Å²) in [7, 11) is 1.67. The van der Waals surface area contributed by atoms with E-state index < -0.39 is 5.60 Å². The maximum atomic E-state index is 12.1. The monoisotopic (exact) mass is 399 g/mol. The number of carbonyl (C=O) groups is 1. The van der Waals surface area contributed by atoms with Crippen molar-refractivity contribution in [2.24, 2.45) is 0 Å². The number of rotatable bonds is 2. The van der Waals surface area contributed by atoms with Crippen LogP contribution in [-0.2, 0) is 4.79 Å². The lowest BCUT2D eigenvalue weighted by Gasteiger charge is -2.32. The molecule has 30 heavy (non-hydrogen) atoms. The van der Waals surface area contributed by atoms with E-state index in [-0.39, 0.29) is 5.91 Å². The van der Waals surface area contributed by atoms with Crippen LogP contribution in [0.1, 0.15) is 18.4 Å². The van der Waals surface area contributed by atoms with Crippen molar-refractivity contribution in [1.29, 1.82) is 0 Å². The van der Waals surface area contributed by atoms with Crippen LogP contribution < -0.4 is 4.90 Å². The molecule has 1 atom stereocenters. The number of amides is 1. The van der Waals surface area contributed by atoms with E-state index in [1.54, 1.807) is 13.2 Å². The SMILES string of the molecule is CN1CC[C@@](O)(C#Cc2cccc(-c3ncc4ccnc(N5CCC5)c4n3)c2)C1=O. The Balaban J connectivity index is 1.50. The maximum Gasteiger partial charge on any atom is 0.267 e. The van der Waals surface area contributed by atoms with Crippen molar-refractivity contribution in [1.82, 2.24) is 19.9 Å². The number of nitrogens with zero attached hydrogens (tertiary/aromatic N) is 5. The smallest absolute Gasteiger partial charge is 0.267 e. The van der Waals surface area contributed by atoms with Crippen LogP contribution >= 0.6 is 0 Å². The normalized spacial score (nSPS) is 20.8. The lowest BCUT2D eigenvalue weighted by molar-refractivity contribution is -0.137. The minimum Gasteiger partial charge on any atom is -0.369 e. The fraction of sp³-hybridized carbons (Fsp3) is 0.304. The number of aliphatic hydroxyl groups is 1. The number of likely N-dealkylation sites (N-methyl/N-ethyl adjacent to an activating group) is 1. The van der Waals surface area contributed by atoms with Crippen LogP contribution in [-0.4, -0.2) is 63.1 Å². The van der Waals surface area contributed by atoms with Crippen LogP contribution in [0.3, 0.4) is 0 Å². The summed E-state index contributed by atoms with van der Waals surface area (Å²) < 4.78 is 0. The number of fused-ring (bicyclic) bond motifs is 1. The van der Waals surface area contributed by atoms with Gasteiger partial charge >= 0.3 is 0 Å². The molecule has 0 unspecified atom stereocenters. The average Bonchev–Trinajstić information content (AvgIpc) is 2.99. The molecule has 150 valence electrons. The summed E-state index contributed by atoms with van der Waals surface area (Å²) in [6, 6.07) is 9.44. The second-order valence-electron chi connectivity index (χ2n) is 7.77. The maximum absolute atomic E-state index is 12.1. The number of benzene rings is 1. The largest absolute Gasteiger partial charge is 0.369 e. The van der Waals surface area contributed by atoms with E-state index in [9.17, 15) is 9.90 Å². The van der Waals surface area contributed by atoms with Crippen LogP contribution in [0.15, 0.2) is 42.7 Å². The highest BCUT2D eigenvalue weighted by Gasteiger charge is 2.42. The zero-order valence-electron chi connectivity index (χ0n) is 16.7. The third-order valence-electron chi connectivity index (χ3n) is 5.68. The predicted octanol–water partition coefficient (Wildman–Crippen LogP) is 1.85. The molecule has 1 aromatic carbocycles. The number of carbonyl (C=O) groups excluding carboxylic acids is 1. The number of hydrogen-bond acceptors (Lipinski definition) is 6. The van der Waals surface area contributed by atoms with Crippen LogP contribution in [0.5, 0.6) is 0 Å². The highest BCUT2D eigenvalue weighted by atomic mass is 16.3. The highest BCUT2D eigenvalue weighted by molar-refractivity contribution is 5.91. The molecule has 0 bridgehead atoms. The molecule has 2 aliphatic rings. The van der Waals surface area contributed by atoms with Crippen LogP contribution in [0.4, 0.5) is 5.82 Å². The average molecular weight is 399 g/mol. The van der Waals surface area contributed by atoms with Crippen LogP contribution in [0.2, 0.25) is 0 Å². The van der Waals surface area contributed by atoms with Gasteiger partial charge in [0.1, 0.15) is 5.52 Å². The first kappa shape index (κ1) is 18.5. The fourth-order valence-electron chi connectivity index (χ4n) is 3.72. The summed E-state index contributed by atoms with van der Waals surface area (Å²) in [5, 5.41) is 11.5. The fourth-order valence-corrected chi connectivity index (χ4v) is 3.72. The third kappa shape index (κ3) is 3.15. The first-order valence-corrected chi connectivity index (χ1v) is 10.0. The quantitative estimate of drug-likeness (QED) is 0.663. The number of aromatic nitrogens is 3. The van der Waals surface area contributed by atoms with Crippen molar-refractivity contribution in [3.63, 3.8) is 0 Å². The van der Waals surface area contributed by atoms with Gasteiger partial charge in [-0.2, -0.15) is 0 Å². The Morgan fingerprint density at radius 1 is 1.17 bits per heavy atom. The number of anilines is 1. The Hall–Kier alpha value is -3.50. The Labute approximate surface area is 174 Å². The number of likely N-dealkylation sites (tertiary alicyclic amines) is 1. The van der Waals surface area contributed by atoms with Gasteiger partial charge in [0.15, 0.2) is 11.6 Å². The van der Waals surface area contributed by atoms with Crippen LogP contribution in [0, 0.1) is 11.8 Å². The number of hydrogen-bond donors (Lipinski definition) is 1. The predicted molar refractivity (Wildman–Crippen MR) is 114 cm³/mol. The van der Waals surface area contributed by atoms with Crippen molar-refractivity contribution in [2.75, 3.05) is 31.6 Å². The van der Waals surface area contributed by atoms with E-state index in [1.807, 2.05) is 36.5 Å². The molecular formula is C23H21N5O2. The summed E-state index contributed by atoms with van der Waals surface area (Å²) >= 11 is 0. The molecule has 0 radical (unpaired) electrons. The summed E-state index contributed by atoms with van der Waals surface area (Å²) in [5.41, 5.74) is 0.750. The van der Waals surface area contributed by atoms with E-state index in [2.05, 4.69) is 26.7 Å². The van der Waals surface area contributed by atoms with E-state index in [0.29, 0.717) is 24.4 Å². The van der Waals surface area contributed by atoms with Crippen molar-refractivity contribution in [3.8, 4) is 23.2 Å². The standard InChI is InChI=1S/C23H21N5O2/c1-27-13-9-23(30,22(27)29)8-6-16-4-2-5-17(14-16)20-25-15-18-7-10-24-21(19(18)26-20)28-11-3-12-28/h2,4-5,7,10,14-15,30H,3,9,11-13H2,1H3/t23-/m0/s1. The molecule has 4 heterocycles. The van der Waals surface area contributed by atoms with Gasteiger partial charge in [-0.1, -0.05) is 24.0 Å². The Kier molecular flexibility index (Phi) is 4.37. The summed E-state index contributed by atoms with van der Waals surface area (Å²) in [6.45, 7) is 2.49. The van der Waals surface area contributed by atoms with Crippen molar-refractivity contribution < 1.29 is 9.90 Å². The summed E-state index contributed by atoms with van der Waals surface area (Å²) in [6.07, 6.45) is 5.09. The van der Waals surface area contributed by atoms with Gasteiger partial charge in [-0.3, -0.25) is 4.79 Å². The first-order valence-electron chi connectivity index (χ1n) is 10.0. The van der Waals surface area contributed by atoms with E-state index in [4.69, 9.17) is 4.98 Å². The van der Waals surface area contributed by atoms with Gasteiger partial charge in [-0.15, -0.1) is 0 Å². The molecule has 2 aliphatic heterocycles. The molecule has 5 rings (SSSR count). The van der Waals surface area contributed by atoms with Gasteiger partial charge < -0.3 is 14.9 Å². The molecule has 7 heteroatoms. The lowest BCUT2D eigenvalue weighted by Crippen LogP contribution is -2.37. The van der Waals surface area contributed by atoms with Gasteiger partial charge in [-0.05, 0) is 24.6 Å². The Morgan fingerprint density at radius 2 is 2.03 bits per heavy atom. The molecular weight excluding hydrogens is 378 g/mol. The zero-order chi connectivity index (χ0) is 20.7. The lowest BCUT2D eigenvalue weighted by atomic mass is 10.0. The third-order valence-corrected chi connectivity index (χ3v) is 5.68. The molecule has 7 nitrogen and oxygen atoms in total. The molecule has 3 aromatic rings. The van der Waals surface area contributed by atoms with E-state index in [1.165, 1.54) is 11.3 Å². The zero-order valence-corrected chi connectivity index (χ0v) is 16.7. The summed E-state index contributed by atoms with van der Waals surface area (Å²) in [5.74, 6) is 6.84. The second kappa shape index (κ2) is 7.08. The molecule has 1 amide bonds. The molecule has 1 N–H and O–H groups in total. The van der Waals surface area contributed by atoms with Gasteiger partial charge in [0, 0.05) is 62.0 Å². The highest BCUT2D eigenvalue weighted by Crippen LogP contribution is 2.28. The first-order chi connectivity index (χ1) is 14.5. The Bertz CT molecular complexity index is 1210. The van der Waals surface area contributed by atoms with E-state index in [0.717, 1.165) is 35.4 Å². The molecule has 2 aromatic heterocycles. The van der Waals surface area contributed by atoms with Gasteiger partial charge in [0.2, 0.25) is 5.60 Å². The molecule has 2 fully saturated rings. The Morgan fingerprint density at radius 3 is 2.77 bits per heavy atom. The molecule has 0 saturated carbocycles. The minimum atomic E-state index is -1.61. The summed E-state index contributed by atoms with van der Waals surface area (Å²) in [4.78, 5) is 29.7.